The number of aryl methyl sites for hydroxylation is 2. The second-order valence-corrected chi connectivity index (χ2v) is 17.3. The lowest BCUT2D eigenvalue weighted by atomic mass is 9.95. The van der Waals surface area contributed by atoms with E-state index >= 15 is 0 Å². The van der Waals surface area contributed by atoms with Gasteiger partial charge in [-0.05, 0) is 79.9 Å². The number of nitrogens with zero attached hydrogens (tertiary/aromatic N) is 3. The fraction of sp³-hybridized carbons (Fsp3) is 0.545. The van der Waals surface area contributed by atoms with Gasteiger partial charge >= 0.3 is 0 Å². The van der Waals surface area contributed by atoms with Gasteiger partial charge in [0.1, 0.15) is 5.75 Å². The van der Waals surface area contributed by atoms with Gasteiger partial charge < -0.3 is 25.2 Å². The first-order valence-electron chi connectivity index (χ1n) is 15.7. The number of rotatable bonds is 13. The number of nitrogens with one attached hydrogen (secondary N) is 2. The van der Waals surface area contributed by atoms with Gasteiger partial charge in [0.25, 0.3) is 0 Å². The van der Waals surface area contributed by atoms with Gasteiger partial charge in [0.15, 0.2) is 0 Å². The van der Waals surface area contributed by atoms with Crippen LogP contribution in [-0.2, 0) is 28.9 Å². The number of aromatic nitrogens is 3. The number of amides is 1. The summed E-state index contributed by atoms with van der Waals surface area (Å²) in [4.78, 5) is 12.5. The molecule has 3 heterocycles. The Labute approximate surface area is 256 Å². The number of anilines is 1. The highest BCUT2D eigenvalue weighted by atomic mass is 28.3. The lowest BCUT2D eigenvalue weighted by Crippen LogP contribution is -2.50. The summed E-state index contributed by atoms with van der Waals surface area (Å²) in [5.74, 6) is 1.34. The monoisotopic (exact) mass is 605 g/mol. The molecule has 2 aliphatic heterocycles. The van der Waals surface area contributed by atoms with Crippen LogP contribution in [0.1, 0.15) is 43.9 Å². The van der Waals surface area contributed by atoms with Gasteiger partial charge in [0.2, 0.25) is 5.91 Å². The van der Waals surface area contributed by atoms with Crippen molar-refractivity contribution in [2.45, 2.75) is 88.9 Å². The van der Waals surface area contributed by atoms with Crippen molar-refractivity contribution < 1.29 is 19.4 Å². The van der Waals surface area contributed by atoms with E-state index in [1.54, 1.807) is 7.11 Å². The molecule has 9 nitrogen and oxygen atoms in total. The highest BCUT2D eigenvalue weighted by molar-refractivity contribution is 6.91. The van der Waals surface area contributed by atoms with Gasteiger partial charge in [-0.3, -0.25) is 9.48 Å². The molecule has 10 heteroatoms. The van der Waals surface area contributed by atoms with E-state index in [0.29, 0.717) is 17.9 Å². The Balaban J connectivity index is 1.26. The molecule has 2 fully saturated rings. The summed E-state index contributed by atoms with van der Waals surface area (Å²) in [6.45, 7) is 9.03. The fourth-order valence-electron chi connectivity index (χ4n) is 7.05. The van der Waals surface area contributed by atoms with Gasteiger partial charge in [0, 0.05) is 31.5 Å². The van der Waals surface area contributed by atoms with Crippen LogP contribution in [0.3, 0.4) is 0 Å². The van der Waals surface area contributed by atoms with Gasteiger partial charge in [-0.1, -0.05) is 54.7 Å². The number of benzene rings is 2. The Kier molecular flexibility index (Phi) is 10.3. The molecule has 1 amide bonds. The van der Waals surface area contributed by atoms with Crippen LogP contribution < -0.4 is 20.6 Å². The van der Waals surface area contributed by atoms with Crippen molar-refractivity contribution in [1.82, 2.24) is 20.3 Å². The van der Waals surface area contributed by atoms with E-state index in [-0.39, 0.29) is 30.8 Å². The number of hydrogen-bond acceptors (Lipinski definition) is 7. The molecule has 0 aliphatic carbocycles. The molecular formula is C33H47N5O4Si. The second kappa shape index (κ2) is 14.2. The number of methoxy groups -OCH3 is 1. The molecule has 2 saturated heterocycles. The molecule has 0 saturated carbocycles. The number of ether oxygens (including phenoxy) is 2. The topological polar surface area (TPSA) is 111 Å². The van der Waals surface area contributed by atoms with Crippen LogP contribution in [-0.4, -0.2) is 72.6 Å². The molecule has 3 aromatic rings. The molecule has 0 unspecified atom stereocenters. The molecule has 232 valence electrons. The lowest BCUT2D eigenvalue weighted by molar-refractivity contribution is -0.117. The molecule has 43 heavy (non-hydrogen) atoms. The highest BCUT2D eigenvalue weighted by Crippen LogP contribution is 2.46. The summed E-state index contributed by atoms with van der Waals surface area (Å²) in [7, 11) is -0.236. The predicted molar refractivity (Wildman–Crippen MR) is 172 cm³/mol. The number of aliphatic hydroxyl groups is 1. The van der Waals surface area contributed by atoms with E-state index in [9.17, 15) is 9.90 Å². The first kappa shape index (κ1) is 31.4. The molecule has 0 bridgehead atoms. The molecule has 5 atom stereocenters. The second-order valence-electron chi connectivity index (χ2n) is 12.7. The zero-order valence-electron chi connectivity index (χ0n) is 26.0. The van der Waals surface area contributed by atoms with E-state index in [4.69, 9.17) is 9.47 Å². The Bertz CT molecular complexity index is 1320. The summed E-state index contributed by atoms with van der Waals surface area (Å²) < 4.78 is 14.2. The Morgan fingerprint density at radius 2 is 1.88 bits per heavy atom. The van der Waals surface area contributed by atoms with Crippen LogP contribution in [0.25, 0.3) is 0 Å². The maximum absolute atomic E-state index is 12.5. The summed E-state index contributed by atoms with van der Waals surface area (Å²) in [5.41, 5.74) is 3.34. The summed E-state index contributed by atoms with van der Waals surface area (Å²) >= 11 is 0. The SMILES string of the molecule is COc1ccc([Si](C)(C)[C@@H]2[C@@H](C)[C@@H](CCc3ccc(NC(=O)[C@H]4CCCN4)cc3)O[C@H]2CCn2cc(CCO)nn2)cc1. The standard InChI is InChI=1S/C33H47N5O4Si/c1-23-30(16-9-24-7-10-25(11-8-24)35-33(40)29-6-5-19-34-29)42-31(17-20-38-22-26(18-21-39)36-37-38)32(23)43(3,4)28-14-12-27(41-2)13-15-28/h7-8,10-15,22-23,29-32,34,39H,5-6,9,16-21H2,1-4H3,(H,35,40)/t23-,29+,30+,31-,32+/m0/s1. The largest absolute Gasteiger partial charge is 0.497 e. The van der Waals surface area contributed by atoms with E-state index in [1.165, 1.54) is 10.8 Å². The van der Waals surface area contributed by atoms with Gasteiger partial charge in [-0.2, -0.15) is 0 Å². The third-order valence-electron chi connectivity index (χ3n) is 9.48. The predicted octanol–water partition coefficient (Wildman–Crippen LogP) is 3.92. The zero-order valence-corrected chi connectivity index (χ0v) is 27.0. The Hall–Kier alpha value is -3.05. The van der Waals surface area contributed by atoms with Crippen molar-refractivity contribution in [2.24, 2.45) is 5.92 Å². The van der Waals surface area contributed by atoms with Crippen molar-refractivity contribution in [3.8, 4) is 5.75 Å². The average molecular weight is 606 g/mol. The normalized spacial score (nSPS) is 23.9. The summed E-state index contributed by atoms with van der Waals surface area (Å²) in [6, 6.07) is 16.8. The minimum absolute atomic E-state index is 0.0506. The fourth-order valence-corrected chi connectivity index (χ4v) is 11.2. The van der Waals surface area contributed by atoms with Gasteiger partial charge in [-0.15, -0.1) is 5.10 Å². The van der Waals surface area contributed by atoms with E-state index in [0.717, 1.165) is 62.3 Å². The van der Waals surface area contributed by atoms with Crippen molar-refractivity contribution in [1.29, 1.82) is 0 Å². The van der Waals surface area contributed by atoms with Crippen molar-refractivity contribution in [3.05, 3.63) is 66.0 Å². The van der Waals surface area contributed by atoms with E-state index < -0.39 is 8.07 Å². The third kappa shape index (κ3) is 7.54. The van der Waals surface area contributed by atoms with Crippen molar-refractivity contribution in [3.63, 3.8) is 0 Å². The molecule has 3 N–H and O–H groups in total. The van der Waals surface area contributed by atoms with Crippen LogP contribution in [0.15, 0.2) is 54.7 Å². The van der Waals surface area contributed by atoms with Crippen LogP contribution >= 0.6 is 0 Å². The number of carbonyl (C=O) groups is 1. The van der Waals surface area contributed by atoms with Gasteiger partial charge in [-0.25, -0.2) is 0 Å². The zero-order chi connectivity index (χ0) is 30.4. The minimum Gasteiger partial charge on any atom is -0.497 e. The molecule has 1 aromatic heterocycles. The van der Waals surface area contributed by atoms with Crippen molar-refractivity contribution >= 4 is 24.9 Å². The van der Waals surface area contributed by atoms with Gasteiger partial charge in [0.05, 0.1) is 39.1 Å². The quantitative estimate of drug-likeness (QED) is 0.253. The van der Waals surface area contributed by atoms with Crippen molar-refractivity contribution in [2.75, 3.05) is 25.6 Å². The van der Waals surface area contributed by atoms with Crippen LogP contribution in [0.4, 0.5) is 5.69 Å². The third-order valence-corrected chi connectivity index (χ3v) is 13.9. The highest BCUT2D eigenvalue weighted by Gasteiger charge is 2.50. The summed E-state index contributed by atoms with van der Waals surface area (Å²) in [5, 5.41) is 25.5. The Morgan fingerprint density at radius 1 is 1.12 bits per heavy atom. The molecule has 0 spiro atoms. The van der Waals surface area contributed by atoms with Crippen LogP contribution in [0.5, 0.6) is 5.75 Å². The first-order valence-corrected chi connectivity index (χ1v) is 18.8. The molecule has 2 aliphatic rings. The van der Waals surface area contributed by atoms with E-state index in [2.05, 4.69) is 77.4 Å². The summed E-state index contributed by atoms with van der Waals surface area (Å²) in [6.07, 6.45) is 7.41. The molecule has 2 aromatic carbocycles. The molecule has 0 radical (unpaired) electrons. The van der Waals surface area contributed by atoms with E-state index in [1.807, 2.05) is 23.0 Å². The minimum atomic E-state index is -1.94. The number of carbonyl (C=O) groups excluding carboxylic acids is 1. The van der Waals surface area contributed by atoms with Crippen LogP contribution in [0.2, 0.25) is 18.6 Å². The van der Waals surface area contributed by atoms with Crippen LogP contribution in [0, 0.1) is 5.92 Å². The smallest absolute Gasteiger partial charge is 0.241 e. The molecule has 5 rings (SSSR count). The average Bonchev–Trinajstić information content (AvgIpc) is 3.77. The Morgan fingerprint density at radius 3 is 2.56 bits per heavy atom. The number of aliphatic hydroxyl groups excluding tert-OH is 1. The maximum atomic E-state index is 12.5. The first-order chi connectivity index (χ1) is 20.8. The maximum Gasteiger partial charge on any atom is 0.241 e. The lowest BCUT2D eigenvalue weighted by Gasteiger charge is -2.36. The molecular weight excluding hydrogens is 558 g/mol. The number of hydrogen-bond donors (Lipinski definition) is 3.